The van der Waals surface area contributed by atoms with Gasteiger partial charge in [0.15, 0.2) is 0 Å². The summed E-state index contributed by atoms with van der Waals surface area (Å²) >= 11 is 0. The minimum atomic E-state index is -1.02. The SMILES string of the molecule is CN1CCC(C#CC(=O)O)CC1. The summed E-state index contributed by atoms with van der Waals surface area (Å²) in [6, 6.07) is 0. The van der Waals surface area contributed by atoms with Crippen LogP contribution in [0, 0.1) is 17.8 Å². The van der Waals surface area contributed by atoms with Gasteiger partial charge in [-0.1, -0.05) is 5.92 Å². The molecule has 0 saturated carbocycles. The average Bonchev–Trinajstić information content (AvgIpc) is 2.03. The molecule has 1 saturated heterocycles. The van der Waals surface area contributed by atoms with E-state index in [2.05, 4.69) is 23.8 Å². The smallest absolute Gasteiger partial charge is 0.381 e. The minimum absolute atomic E-state index is 0.289. The van der Waals surface area contributed by atoms with Gasteiger partial charge in [-0.2, -0.15) is 0 Å². The van der Waals surface area contributed by atoms with Crippen molar-refractivity contribution >= 4 is 5.97 Å². The Balaban J connectivity index is 2.37. The molecule has 1 N–H and O–H groups in total. The predicted molar refractivity (Wildman–Crippen MR) is 45.6 cm³/mol. The Kier molecular flexibility index (Phi) is 3.12. The zero-order valence-electron chi connectivity index (χ0n) is 7.21. The lowest BCUT2D eigenvalue weighted by molar-refractivity contribution is -0.130. The highest BCUT2D eigenvalue weighted by Gasteiger charge is 2.13. The Labute approximate surface area is 72.4 Å². The topological polar surface area (TPSA) is 40.5 Å². The lowest BCUT2D eigenvalue weighted by atomic mass is 9.98. The van der Waals surface area contributed by atoms with E-state index in [1.165, 1.54) is 0 Å². The van der Waals surface area contributed by atoms with Crippen molar-refractivity contribution in [3.8, 4) is 11.8 Å². The van der Waals surface area contributed by atoms with E-state index < -0.39 is 5.97 Å². The first kappa shape index (κ1) is 9.08. The second-order valence-corrected chi connectivity index (χ2v) is 3.15. The molecule has 0 amide bonds. The summed E-state index contributed by atoms with van der Waals surface area (Å²) < 4.78 is 0. The molecule has 1 aliphatic rings. The maximum Gasteiger partial charge on any atom is 0.381 e. The molecular formula is C9H13NO2. The molecule has 1 rings (SSSR count). The molecule has 0 aromatic rings. The fraction of sp³-hybridized carbons (Fsp3) is 0.667. The van der Waals surface area contributed by atoms with Gasteiger partial charge in [-0.25, -0.2) is 4.79 Å². The van der Waals surface area contributed by atoms with E-state index in [0.29, 0.717) is 0 Å². The Hall–Kier alpha value is -1.01. The van der Waals surface area contributed by atoms with Crippen molar-refractivity contribution in [2.75, 3.05) is 20.1 Å². The number of rotatable bonds is 0. The molecule has 0 aromatic carbocycles. The number of carbonyl (C=O) groups is 1. The minimum Gasteiger partial charge on any atom is -0.472 e. The predicted octanol–water partition coefficient (Wildman–Crippen LogP) is 0.416. The summed E-state index contributed by atoms with van der Waals surface area (Å²) in [4.78, 5) is 12.4. The normalized spacial score (nSPS) is 19.8. The molecule has 0 spiro atoms. The Morgan fingerprint density at radius 3 is 2.58 bits per heavy atom. The molecule has 0 atom stereocenters. The van der Waals surface area contributed by atoms with Crippen molar-refractivity contribution < 1.29 is 9.90 Å². The van der Waals surface area contributed by atoms with Crippen molar-refractivity contribution in [1.82, 2.24) is 4.90 Å². The third kappa shape index (κ3) is 2.93. The van der Waals surface area contributed by atoms with E-state index in [1.807, 2.05) is 0 Å². The second kappa shape index (κ2) is 4.13. The van der Waals surface area contributed by atoms with Gasteiger partial charge in [0.05, 0.1) is 0 Å². The maximum absolute atomic E-state index is 10.1. The van der Waals surface area contributed by atoms with Crippen LogP contribution in [0.25, 0.3) is 0 Å². The number of nitrogens with zero attached hydrogens (tertiary/aromatic N) is 1. The van der Waals surface area contributed by atoms with Gasteiger partial charge in [0, 0.05) is 11.8 Å². The molecular weight excluding hydrogens is 154 g/mol. The highest BCUT2D eigenvalue weighted by atomic mass is 16.4. The molecule has 3 heteroatoms. The van der Waals surface area contributed by atoms with E-state index in [9.17, 15) is 4.79 Å². The molecule has 0 bridgehead atoms. The van der Waals surface area contributed by atoms with Crippen LogP contribution in [0.3, 0.4) is 0 Å². The van der Waals surface area contributed by atoms with Crippen LogP contribution in [0.1, 0.15) is 12.8 Å². The second-order valence-electron chi connectivity index (χ2n) is 3.15. The monoisotopic (exact) mass is 167 g/mol. The third-order valence-corrected chi connectivity index (χ3v) is 2.10. The Morgan fingerprint density at radius 1 is 1.50 bits per heavy atom. The van der Waals surface area contributed by atoms with Gasteiger partial charge >= 0.3 is 5.97 Å². The van der Waals surface area contributed by atoms with Gasteiger partial charge < -0.3 is 10.0 Å². The molecule has 3 nitrogen and oxygen atoms in total. The zero-order chi connectivity index (χ0) is 8.97. The van der Waals surface area contributed by atoms with Crippen LogP contribution >= 0.6 is 0 Å². The molecule has 1 heterocycles. The lowest BCUT2D eigenvalue weighted by Gasteiger charge is -2.25. The van der Waals surface area contributed by atoms with E-state index in [-0.39, 0.29) is 5.92 Å². The summed E-state index contributed by atoms with van der Waals surface area (Å²) in [5, 5.41) is 8.31. The molecule has 12 heavy (non-hydrogen) atoms. The number of aliphatic carboxylic acids is 1. The van der Waals surface area contributed by atoms with Crippen LogP contribution < -0.4 is 0 Å². The first-order valence-corrected chi connectivity index (χ1v) is 4.11. The van der Waals surface area contributed by atoms with Gasteiger partial charge in [-0.15, -0.1) is 0 Å². The number of piperidine rings is 1. The summed E-state index contributed by atoms with van der Waals surface area (Å²) in [7, 11) is 2.07. The Bertz CT molecular complexity index is 218. The van der Waals surface area contributed by atoms with Gasteiger partial charge in [-0.3, -0.25) is 0 Å². The lowest BCUT2D eigenvalue weighted by Crippen LogP contribution is -2.29. The van der Waals surface area contributed by atoms with E-state index in [4.69, 9.17) is 5.11 Å². The molecule has 0 radical (unpaired) electrons. The van der Waals surface area contributed by atoms with E-state index >= 15 is 0 Å². The fourth-order valence-corrected chi connectivity index (χ4v) is 1.32. The summed E-state index contributed by atoms with van der Waals surface area (Å²) in [6.45, 7) is 2.05. The Morgan fingerprint density at radius 2 is 2.08 bits per heavy atom. The quantitative estimate of drug-likeness (QED) is 0.531. The van der Waals surface area contributed by atoms with Crippen LogP contribution in [0.2, 0.25) is 0 Å². The van der Waals surface area contributed by atoms with E-state index in [1.54, 1.807) is 0 Å². The van der Waals surface area contributed by atoms with Crippen molar-refractivity contribution in [1.29, 1.82) is 0 Å². The number of carboxylic acids is 1. The van der Waals surface area contributed by atoms with Crippen molar-refractivity contribution in [2.24, 2.45) is 5.92 Å². The van der Waals surface area contributed by atoms with Gasteiger partial charge in [-0.05, 0) is 33.0 Å². The number of hydrogen-bond acceptors (Lipinski definition) is 2. The van der Waals surface area contributed by atoms with Gasteiger partial charge in [0.2, 0.25) is 0 Å². The maximum atomic E-state index is 10.1. The van der Waals surface area contributed by atoms with Crippen LogP contribution in [0.15, 0.2) is 0 Å². The number of likely N-dealkylation sites (tertiary alicyclic amines) is 1. The molecule has 1 fully saturated rings. The molecule has 0 aliphatic carbocycles. The van der Waals surface area contributed by atoms with Crippen molar-refractivity contribution in [2.45, 2.75) is 12.8 Å². The molecule has 0 unspecified atom stereocenters. The number of carboxylic acid groups (broad SMARTS) is 1. The van der Waals surface area contributed by atoms with Crippen LogP contribution in [0.4, 0.5) is 0 Å². The standard InChI is InChI=1S/C9H13NO2/c1-10-6-4-8(5-7-10)2-3-9(11)12/h8H,4-7H2,1H3,(H,11,12). The van der Waals surface area contributed by atoms with Crippen LogP contribution in [-0.4, -0.2) is 36.1 Å². The first-order chi connectivity index (χ1) is 5.68. The fourth-order valence-electron chi connectivity index (χ4n) is 1.32. The molecule has 1 aliphatic heterocycles. The summed E-state index contributed by atoms with van der Waals surface area (Å²) in [6.07, 6.45) is 1.99. The van der Waals surface area contributed by atoms with E-state index in [0.717, 1.165) is 25.9 Å². The van der Waals surface area contributed by atoms with Crippen LogP contribution in [-0.2, 0) is 4.79 Å². The highest BCUT2D eigenvalue weighted by Crippen LogP contribution is 2.14. The first-order valence-electron chi connectivity index (χ1n) is 4.11. The van der Waals surface area contributed by atoms with Crippen molar-refractivity contribution in [3.63, 3.8) is 0 Å². The molecule has 0 aromatic heterocycles. The average molecular weight is 167 g/mol. The summed E-state index contributed by atoms with van der Waals surface area (Å²) in [5.41, 5.74) is 0. The van der Waals surface area contributed by atoms with Crippen molar-refractivity contribution in [3.05, 3.63) is 0 Å². The summed E-state index contributed by atoms with van der Waals surface area (Å²) in [5.74, 6) is 4.21. The largest absolute Gasteiger partial charge is 0.472 e. The van der Waals surface area contributed by atoms with Crippen LogP contribution in [0.5, 0.6) is 0 Å². The highest BCUT2D eigenvalue weighted by molar-refractivity contribution is 5.86. The number of hydrogen-bond donors (Lipinski definition) is 1. The van der Waals surface area contributed by atoms with Gasteiger partial charge in [0.25, 0.3) is 0 Å². The van der Waals surface area contributed by atoms with Gasteiger partial charge in [0.1, 0.15) is 0 Å². The zero-order valence-corrected chi connectivity index (χ0v) is 7.21. The third-order valence-electron chi connectivity index (χ3n) is 2.10. The molecule has 66 valence electrons.